The predicted octanol–water partition coefficient (Wildman–Crippen LogP) is 1.69. The highest BCUT2D eigenvalue weighted by Gasteiger charge is 2.49. The lowest BCUT2D eigenvalue weighted by atomic mass is 9.68. The van der Waals surface area contributed by atoms with Crippen LogP contribution in [0.5, 0.6) is 0 Å². The highest BCUT2D eigenvalue weighted by atomic mass is 35.5. The third-order valence-corrected chi connectivity index (χ3v) is 4.22. The molecule has 98 valence electrons. The average Bonchev–Trinajstić information content (AvgIpc) is 2.68. The Hall–Kier alpha value is -1.06. The molecule has 4 heteroatoms. The molecular formula is C14H19ClN2O. The number of carbonyl (C=O) groups is 1. The predicted molar refractivity (Wildman–Crippen MR) is 74.0 cm³/mol. The van der Waals surface area contributed by atoms with Crippen molar-refractivity contribution in [1.82, 2.24) is 10.6 Å². The molecule has 2 aliphatic rings. The van der Waals surface area contributed by atoms with Gasteiger partial charge in [0.15, 0.2) is 0 Å². The maximum atomic E-state index is 12.1. The molecule has 1 unspecified atom stereocenters. The molecule has 1 amide bonds. The highest BCUT2D eigenvalue weighted by Crippen LogP contribution is 2.46. The molecule has 1 aromatic rings. The van der Waals surface area contributed by atoms with Gasteiger partial charge in [-0.25, -0.2) is 0 Å². The summed E-state index contributed by atoms with van der Waals surface area (Å²) in [5.41, 5.74) is 1.31. The first-order chi connectivity index (χ1) is 8.32. The van der Waals surface area contributed by atoms with E-state index < -0.39 is 0 Å². The first kappa shape index (κ1) is 13.4. The number of nitrogens with one attached hydrogen (secondary N) is 2. The number of piperidine rings is 1. The van der Waals surface area contributed by atoms with E-state index in [0.717, 1.165) is 32.5 Å². The number of rotatable bonds is 1. The van der Waals surface area contributed by atoms with Crippen molar-refractivity contribution in [1.29, 1.82) is 0 Å². The average molecular weight is 267 g/mol. The molecule has 18 heavy (non-hydrogen) atoms. The first-order valence-corrected chi connectivity index (χ1v) is 6.35. The van der Waals surface area contributed by atoms with E-state index in [1.54, 1.807) is 0 Å². The second kappa shape index (κ2) is 5.29. The van der Waals surface area contributed by atoms with Crippen LogP contribution in [-0.2, 0) is 4.79 Å². The topological polar surface area (TPSA) is 41.1 Å². The summed E-state index contributed by atoms with van der Waals surface area (Å²) in [6.07, 6.45) is 2.18. The van der Waals surface area contributed by atoms with Crippen LogP contribution in [0, 0.1) is 5.41 Å². The van der Waals surface area contributed by atoms with Crippen LogP contribution < -0.4 is 10.6 Å². The smallest absolute Gasteiger partial charge is 0.228 e. The normalized spacial score (nSPS) is 25.6. The Labute approximate surface area is 114 Å². The van der Waals surface area contributed by atoms with E-state index in [1.807, 2.05) is 18.2 Å². The highest BCUT2D eigenvalue weighted by molar-refractivity contribution is 5.87. The Kier molecular flexibility index (Phi) is 3.93. The zero-order valence-electron chi connectivity index (χ0n) is 10.3. The summed E-state index contributed by atoms with van der Waals surface area (Å²) in [5.74, 6) is 0.254. The fraction of sp³-hybridized carbons (Fsp3) is 0.500. The molecule has 1 atom stereocenters. The van der Waals surface area contributed by atoms with Gasteiger partial charge in [-0.15, -0.1) is 12.4 Å². The fourth-order valence-electron chi connectivity index (χ4n) is 3.29. The van der Waals surface area contributed by atoms with Gasteiger partial charge in [-0.3, -0.25) is 4.79 Å². The summed E-state index contributed by atoms with van der Waals surface area (Å²) in [5, 5.41) is 6.45. The lowest BCUT2D eigenvalue weighted by Crippen LogP contribution is -2.41. The summed E-state index contributed by atoms with van der Waals surface area (Å²) in [6.45, 7) is 2.89. The molecule has 3 rings (SSSR count). The van der Waals surface area contributed by atoms with Crippen LogP contribution >= 0.6 is 12.4 Å². The zero-order valence-corrected chi connectivity index (χ0v) is 11.1. The third kappa shape index (κ3) is 2.13. The van der Waals surface area contributed by atoms with Gasteiger partial charge < -0.3 is 10.6 Å². The van der Waals surface area contributed by atoms with Crippen LogP contribution in [0.1, 0.15) is 24.3 Å². The maximum absolute atomic E-state index is 12.1. The van der Waals surface area contributed by atoms with Crippen molar-refractivity contribution >= 4 is 18.3 Å². The van der Waals surface area contributed by atoms with Crippen molar-refractivity contribution in [3.05, 3.63) is 35.9 Å². The van der Waals surface area contributed by atoms with E-state index in [9.17, 15) is 4.79 Å². The molecule has 0 aromatic heterocycles. The summed E-state index contributed by atoms with van der Waals surface area (Å²) in [6, 6.07) is 10.2. The van der Waals surface area contributed by atoms with E-state index in [4.69, 9.17) is 0 Å². The maximum Gasteiger partial charge on any atom is 0.228 e. The SMILES string of the molecule is Cl.O=C1NCC2(CCNCC2)C1c1ccccc1. The van der Waals surface area contributed by atoms with Gasteiger partial charge in [-0.2, -0.15) is 0 Å². The number of amides is 1. The zero-order chi connectivity index (χ0) is 11.7. The molecule has 0 aliphatic carbocycles. The minimum Gasteiger partial charge on any atom is -0.355 e. The van der Waals surface area contributed by atoms with Crippen LogP contribution in [0.25, 0.3) is 0 Å². The summed E-state index contributed by atoms with van der Waals surface area (Å²) in [7, 11) is 0. The fourth-order valence-corrected chi connectivity index (χ4v) is 3.29. The molecule has 2 fully saturated rings. The molecule has 1 aromatic carbocycles. The standard InChI is InChI=1S/C14H18N2O.ClH/c17-13-12(11-4-2-1-3-5-11)14(10-16-13)6-8-15-9-7-14;/h1-5,12,15H,6-10H2,(H,16,17);1H. The van der Waals surface area contributed by atoms with Gasteiger partial charge in [-0.05, 0) is 31.5 Å². The van der Waals surface area contributed by atoms with Crippen LogP contribution in [0.3, 0.4) is 0 Å². The second-order valence-electron chi connectivity index (χ2n) is 5.17. The van der Waals surface area contributed by atoms with Crippen molar-refractivity contribution in [2.24, 2.45) is 5.41 Å². The molecule has 1 spiro atoms. The molecule has 2 N–H and O–H groups in total. The van der Waals surface area contributed by atoms with Crippen molar-refractivity contribution in [2.75, 3.05) is 19.6 Å². The van der Waals surface area contributed by atoms with Crippen LogP contribution in [0.15, 0.2) is 30.3 Å². The van der Waals surface area contributed by atoms with E-state index in [1.165, 1.54) is 5.56 Å². The number of carbonyl (C=O) groups excluding carboxylic acids is 1. The lowest BCUT2D eigenvalue weighted by molar-refractivity contribution is -0.121. The van der Waals surface area contributed by atoms with Gasteiger partial charge in [-0.1, -0.05) is 30.3 Å². The summed E-state index contributed by atoms with van der Waals surface area (Å²) >= 11 is 0. The number of halogens is 1. The number of hydrogen-bond acceptors (Lipinski definition) is 2. The van der Waals surface area contributed by atoms with Crippen LogP contribution in [0.4, 0.5) is 0 Å². The van der Waals surface area contributed by atoms with Crippen molar-refractivity contribution in [3.8, 4) is 0 Å². The van der Waals surface area contributed by atoms with Gasteiger partial charge in [0.05, 0.1) is 5.92 Å². The van der Waals surface area contributed by atoms with Gasteiger partial charge in [0, 0.05) is 12.0 Å². The molecule has 2 saturated heterocycles. The Balaban J connectivity index is 0.00000120. The van der Waals surface area contributed by atoms with Crippen molar-refractivity contribution in [2.45, 2.75) is 18.8 Å². The van der Waals surface area contributed by atoms with Crippen molar-refractivity contribution in [3.63, 3.8) is 0 Å². The van der Waals surface area contributed by atoms with Crippen LogP contribution in [0.2, 0.25) is 0 Å². The van der Waals surface area contributed by atoms with E-state index in [-0.39, 0.29) is 29.6 Å². The molecule has 2 aliphatic heterocycles. The monoisotopic (exact) mass is 266 g/mol. The molecule has 3 nitrogen and oxygen atoms in total. The van der Waals surface area contributed by atoms with Crippen LogP contribution in [-0.4, -0.2) is 25.5 Å². The molecule has 2 heterocycles. The minimum absolute atomic E-state index is 0. The van der Waals surface area contributed by atoms with E-state index >= 15 is 0 Å². The van der Waals surface area contributed by atoms with E-state index in [0.29, 0.717) is 0 Å². The summed E-state index contributed by atoms with van der Waals surface area (Å²) in [4.78, 5) is 12.1. The van der Waals surface area contributed by atoms with Crippen molar-refractivity contribution < 1.29 is 4.79 Å². The lowest BCUT2D eigenvalue weighted by Gasteiger charge is -2.37. The summed E-state index contributed by atoms with van der Waals surface area (Å²) < 4.78 is 0. The molecular weight excluding hydrogens is 248 g/mol. The first-order valence-electron chi connectivity index (χ1n) is 6.35. The number of benzene rings is 1. The molecule has 0 saturated carbocycles. The van der Waals surface area contributed by atoms with E-state index in [2.05, 4.69) is 22.8 Å². The third-order valence-electron chi connectivity index (χ3n) is 4.22. The quantitative estimate of drug-likeness (QED) is 0.812. The van der Waals surface area contributed by atoms with Gasteiger partial charge in [0.25, 0.3) is 0 Å². The Morgan fingerprint density at radius 2 is 1.78 bits per heavy atom. The van der Waals surface area contributed by atoms with Gasteiger partial charge in [0.2, 0.25) is 5.91 Å². The van der Waals surface area contributed by atoms with Gasteiger partial charge in [0.1, 0.15) is 0 Å². The van der Waals surface area contributed by atoms with Gasteiger partial charge >= 0.3 is 0 Å². The molecule has 0 bridgehead atoms. The Morgan fingerprint density at radius 3 is 2.44 bits per heavy atom. The number of hydrogen-bond donors (Lipinski definition) is 2. The Bertz CT molecular complexity index is 415. The largest absolute Gasteiger partial charge is 0.355 e. The molecule has 0 radical (unpaired) electrons. The Morgan fingerprint density at radius 1 is 1.11 bits per heavy atom. The second-order valence-corrected chi connectivity index (χ2v) is 5.17. The minimum atomic E-state index is 0.